The number of cyclic esters (lactones) is 1. The summed E-state index contributed by atoms with van der Waals surface area (Å²) in [5.74, 6) is -1.32. The van der Waals surface area contributed by atoms with Gasteiger partial charge in [0.2, 0.25) is 24.0 Å². The summed E-state index contributed by atoms with van der Waals surface area (Å²) in [5.41, 5.74) is 2.58. The first-order valence-corrected chi connectivity index (χ1v) is 11.2. The molecule has 0 aromatic heterocycles. The minimum atomic E-state index is -1.40. The van der Waals surface area contributed by atoms with E-state index in [2.05, 4.69) is 10.6 Å². The Bertz CT molecular complexity index is 948. The van der Waals surface area contributed by atoms with Gasteiger partial charge in [-0.3, -0.25) is 24.1 Å². The molecule has 5 atom stereocenters. The largest absolute Gasteiger partial charge is 0.434 e. The van der Waals surface area contributed by atoms with Gasteiger partial charge >= 0.3 is 5.97 Å². The number of carbonyl (C=O) groups excluding carboxylic acids is 4. The number of aliphatic hydroxyl groups is 1. The van der Waals surface area contributed by atoms with Gasteiger partial charge in [-0.2, -0.15) is 0 Å². The molecule has 3 aliphatic rings. The molecule has 9 heteroatoms. The summed E-state index contributed by atoms with van der Waals surface area (Å²) in [7, 11) is 0. The number of hydrogen-bond donors (Lipinski definition) is 3. The van der Waals surface area contributed by atoms with Gasteiger partial charge in [-0.1, -0.05) is 38.5 Å². The van der Waals surface area contributed by atoms with Crippen molar-refractivity contribution in [2.24, 2.45) is 5.92 Å². The molecule has 32 heavy (non-hydrogen) atoms. The molecule has 1 saturated heterocycles. The number of para-hydroxylation sites is 1. The average Bonchev–Trinajstić information content (AvgIpc) is 3.25. The molecule has 172 valence electrons. The maximum atomic E-state index is 13.5. The summed E-state index contributed by atoms with van der Waals surface area (Å²) in [5, 5.41) is 15.4. The second-order valence-electron chi connectivity index (χ2n) is 8.93. The van der Waals surface area contributed by atoms with Crippen LogP contribution in [0.15, 0.2) is 18.2 Å². The smallest absolute Gasteiger partial charge is 0.310 e. The molecular formula is C23H29N3O6. The molecule has 9 nitrogen and oxygen atoms in total. The zero-order valence-electron chi connectivity index (χ0n) is 18.3. The third-order valence-corrected chi connectivity index (χ3v) is 6.59. The zero-order chi connectivity index (χ0) is 23.0. The van der Waals surface area contributed by atoms with Crippen molar-refractivity contribution in [1.29, 1.82) is 0 Å². The minimum Gasteiger partial charge on any atom is -0.434 e. The number of anilines is 1. The van der Waals surface area contributed by atoms with E-state index in [1.54, 1.807) is 0 Å². The highest BCUT2D eigenvalue weighted by Crippen LogP contribution is 2.39. The number of hydrogen-bond acceptors (Lipinski definition) is 6. The number of esters is 1. The van der Waals surface area contributed by atoms with Crippen LogP contribution < -0.4 is 15.5 Å². The molecule has 3 heterocycles. The lowest BCUT2D eigenvalue weighted by Crippen LogP contribution is -2.56. The summed E-state index contributed by atoms with van der Waals surface area (Å²) in [6, 6.07) is 3.34. The molecule has 0 spiro atoms. The molecule has 1 aromatic rings. The number of aryl methyl sites for hydroxylation is 1. The number of nitrogens with one attached hydrogen (secondary N) is 2. The van der Waals surface area contributed by atoms with Crippen molar-refractivity contribution in [3.63, 3.8) is 0 Å². The van der Waals surface area contributed by atoms with Gasteiger partial charge in [0.05, 0.1) is 12.1 Å². The van der Waals surface area contributed by atoms with Gasteiger partial charge in [-0.25, -0.2) is 0 Å². The van der Waals surface area contributed by atoms with Crippen LogP contribution in [0.25, 0.3) is 0 Å². The van der Waals surface area contributed by atoms with Crippen LogP contribution in [0.5, 0.6) is 0 Å². The van der Waals surface area contributed by atoms with Crippen LogP contribution in [0.3, 0.4) is 0 Å². The Morgan fingerprint density at radius 1 is 1.22 bits per heavy atom. The monoisotopic (exact) mass is 443 g/mol. The number of benzene rings is 1. The van der Waals surface area contributed by atoms with E-state index >= 15 is 0 Å². The van der Waals surface area contributed by atoms with E-state index in [9.17, 15) is 24.3 Å². The Hall–Kier alpha value is -2.94. The highest BCUT2D eigenvalue weighted by atomic mass is 16.6. The van der Waals surface area contributed by atoms with Crippen LogP contribution in [-0.4, -0.2) is 53.2 Å². The van der Waals surface area contributed by atoms with Gasteiger partial charge in [-0.15, -0.1) is 0 Å². The normalized spacial score (nSPS) is 27.4. The highest BCUT2D eigenvalue weighted by molar-refractivity contribution is 6.07. The first kappa shape index (κ1) is 22.3. The molecular weight excluding hydrogens is 414 g/mol. The van der Waals surface area contributed by atoms with Crippen molar-refractivity contribution in [2.45, 2.75) is 76.8 Å². The van der Waals surface area contributed by atoms with Crippen LogP contribution >= 0.6 is 0 Å². The molecule has 3 aliphatic heterocycles. The standard InChI is InChI=1S/C23H29N3O6/c1-3-12(2)9-18(27)24-15-8-7-13-5-4-6-14-10-17(26(20(13)14)22(15)30)21(29)25-16-11-19(28)32-23(16)31/h4-6,12,15-17,23,31H,3,7-11H2,1-2H3,(H,24,27)(H,25,29). The van der Waals surface area contributed by atoms with Crippen molar-refractivity contribution < 1.29 is 29.0 Å². The predicted octanol–water partition coefficient (Wildman–Crippen LogP) is 0.562. The fourth-order valence-corrected chi connectivity index (χ4v) is 4.64. The van der Waals surface area contributed by atoms with Gasteiger partial charge in [-0.05, 0) is 29.9 Å². The maximum Gasteiger partial charge on any atom is 0.310 e. The molecule has 0 bridgehead atoms. The second kappa shape index (κ2) is 8.90. The molecule has 3 N–H and O–H groups in total. The maximum absolute atomic E-state index is 13.5. The van der Waals surface area contributed by atoms with Gasteiger partial charge in [0.25, 0.3) is 0 Å². The summed E-state index contributed by atoms with van der Waals surface area (Å²) in [6.07, 6.45) is 1.07. The molecule has 1 fully saturated rings. The third-order valence-electron chi connectivity index (χ3n) is 6.59. The van der Waals surface area contributed by atoms with Gasteiger partial charge < -0.3 is 20.5 Å². The summed E-state index contributed by atoms with van der Waals surface area (Å²) < 4.78 is 4.70. The first-order valence-electron chi connectivity index (χ1n) is 11.2. The molecule has 0 aliphatic carbocycles. The fourth-order valence-electron chi connectivity index (χ4n) is 4.64. The summed E-state index contributed by atoms with van der Waals surface area (Å²) in [6.45, 7) is 4.00. The quantitative estimate of drug-likeness (QED) is 0.552. The van der Waals surface area contributed by atoms with E-state index in [0.29, 0.717) is 25.7 Å². The topological polar surface area (TPSA) is 125 Å². The number of rotatable bonds is 6. The van der Waals surface area contributed by atoms with Gasteiger partial charge in [0, 0.05) is 12.8 Å². The van der Waals surface area contributed by atoms with Crippen LogP contribution in [0.4, 0.5) is 5.69 Å². The number of nitrogens with zero attached hydrogens (tertiary/aromatic N) is 1. The first-order chi connectivity index (χ1) is 15.3. The number of aliphatic hydroxyl groups excluding tert-OH is 1. The number of carbonyl (C=O) groups is 4. The lowest BCUT2D eigenvalue weighted by Gasteiger charge is -2.29. The molecule has 3 amide bonds. The van der Waals surface area contributed by atoms with Crippen molar-refractivity contribution in [3.8, 4) is 0 Å². The van der Waals surface area contributed by atoms with Crippen molar-refractivity contribution >= 4 is 29.4 Å². The Labute approximate surface area is 186 Å². The van der Waals surface area contributed by atoms with E-state index < -0.39 is 36.3 Å². The van der Waals surface area contributed by atoms with Crippen LogP contribution in [-0.2, 0) is 36.8 Å². The van der Waals surface area contributed by atoms with Crippen LogP contribution in [0, 0.1) is 5.92 Å². The highest BCUT2D eigenvalue weighted by Gasteiger charge is 2.45. The second-order valence-corrected chi connectivity index (χ2v) is 8.93. The molecule has 1 aromatic carbocycles. The fraction of sp³-hybridized carbons (Fsp3) is 0.565. The zero-order valence-corrected chi connectivity index (χ0v) is 18.3. The molecule has 5 unspecified atom stereocenters. The molecule has 0 saturated carbocycles. The van der Waals surface area contributed by atoms with E-state index in [1.165, 1.54) is 4.90 Å². The Kier molecular flexibility index (Phi) is 6.19. The van der Waals surface area contributed by atoms with Crippen molar-refractivity contribution in [1.82, 2.24) is 10.6 Å². The van der Waals surface area contributed by atoms with Gasteiger partial charge in [0.1, 0.15) is 18.1 Å². The van der Waals surface area contributed by atoms with Gasteiger partial charge in [0.15, 0.2) is 0 Å². The number of amides is 3. The van der Waals surface area contributed by atoms with Crippen LogP contribution in [0.2, 0.25) is 0 Å². The van der Waals surface area contributed by atoms with Crippen molar-refractivity contribution in [3.05, 3.63) is 29.3 Å². The third kappa shape index (κ3) is 4.21. The average molecular weight is 444 g/mol. The van der Waals surface area contributed by atoms with Crippen LogP contribution in [0.1, 0.15) is 50.7 Å². The lowest BCUT2D eigenvalue weighted by molar-refractivity contribution is -0.155. The summed E-state index contributed by atoms with van der Waals surface area (Å²) in [4.78, 5) is 52.1. The Balaban J connectivity index is 1.56. The molecule has 4 rings (SSSR count). The number of ether oxygens (including phenoxy) is 1. The van der Waals surface area contributed by atoms with E-state index in [4.69, 9.17) is 4.74 Å². The van der Waals surface area contributed by atoms with E-state index in [-0.39, 0.29) is 24.2 Å². The lowest BCUT2D eigenvalue weighted by atomic mass is 10.0. The van der Waals surface area contributed by atoms with E-state index in [0.717, 1.165) is 23.2 Å². The Morgan fingerprint density at radius 3 is 2.66 bits per heavy atom. The Morgan fingerprint density at radius 2 is 1.97 bits per heavy atom. The predicted molar refractivity (Wildman–Crippen MR) is 114 cm³/mol. The molecule has 0 radical (unpaired) electrons. The minimum absolute atomic E-state index is 0.125. The SMILES string of the molecule is CCC(C)CC(=O)NC1CCc2cccc3c2N(C1=O)C(C(=O)NC1CC(=O)OC1O)C3. The van der Waals surface area contributed by atoms with E-state index in [1.807, 2.05) is 32.0 Å². The summed E-state index contributed by atoms with van der Waals surface area (Å²) >= 11 is 0. The van der Waals surface area contributed by atoms with Crippen molar-refractivity contribution in [2.75, 3.05) is 4.90 Å².